The molecule has 4 nitrogen and oxygen atoms in total. The average molecular weight is 207 g/mol. The van der Waals surface area contributed by atoms with Crippen LogP contribution in [0.2, 0.25) is 0 Å². The third-order valence-electron chi connectivity index (χ3n) is 2.43. The molecular formula is C8H18NO3P. The van der Waals surface area contributed by atoms with Gasteiger partial charge in [0.1, 0.15) is 5.28 Å². The predicted molar refractivity (Wildman–Crippen MR) is 51.6 cm³/mol. The zero-order valence-corrected chi connectivity index (χ0v) is 9.34. The van der Waals surface area contributed by atoms with Gasteiger partial charge in [-0.05, 0) is 26.2 Å². The normalized spacial score (nSPS) is 33.4. The molecule has 0 aliphatic heterocycles. The van der Waals surface area contributed by atoms with E-state index in [1.165, 1.54) is 0 Å². The Hall–Kier alpha value is 0.110. The van der Waals surface area contributed by atoms with E-state index in [2.05, 4.69) is 0 Å². The van der Waals surface area contributed by atoms with Crippen molar-refractivity contribution in [3.8, 4) is 0 Å². The molecular weight excluding hydrogens is 189 g/mol. The highest BCUT2D eigenvalue weighted by molar-refractivity contribution is 7.56. The summed E-state index contributed by atoms with van der Waals surface area (Å²) in [6, 6.07) is 0. The monoisotopic (exact) mass is 207 g/mol. The molecule has 0 radical (unpaired) electrons. The van der Waals surface area contributed by atoms with Crippen molar-refractivity contribution in [2.24, 2.45) is 11.7 Å². The highest BCUT2D eigenvalue weighted by atomic mass is 31.2. The first kappa shape index (κ1) is 11.2. The fourth-order valence-corrected chi connectivity index (χ4v) is 3.70. The van der Waals surface area contributed by atoms with E-state index in [1.54, 1.807) is 13.8 Å². The molecule has 2 N–H and O–H groups in total. The Morgan fingerprint density at radius 2 is 1.85 bits per heavy atom. The Balaban J connectivity index is 2.73. The van der Waals surface area contributed by atoms with Crippen LogP contribution in [0.5, 0.6) is 0 Å². The summed E-state index contributed by atoms with van der Waals surface area (Å²) in [5.41, 5.74) is 5.93. The van der Waals surface area contributed by atoms with Crippen LogP contribution in [0.15, 0.2) is 0 Å². The fourth-order valence-electron chi connectivity index (χ4n) is 1.43. The van der Waals surface area contributed by atoms with Crippen molar-refractivity contribution >= 4 is 7.60 Å². The van der Waals surface area contributed by atoms with Gasteiger partial charge in [0.05, 0.1) is 13.2 Å². The number of rotatable bonds is 5. The van der Waals surface area contributed by atoms with E-state index in [1.807, 2.05) is 6.92 Å². The first-order valence-electron chi connectivity index (χ1n) is 4.68. The first-order valence-corrected chi connectivity index (χ1v) is 6.22. The number of hydrogen-bond donors (Lipinski definition) is 1. The van der Waals surface area contributed by atoms with Gasteiger partial charge in [0.2, 0.25) is 0 Å². The molecule has 0 saturated heterocycles. The molecule has 0 spiro atoms. The van der Waals surface area contributed by atoms with Crippen LogP contribution in [-0.4, -0.2) is 18.5 Å². The predicted octanol–water partition coefficient (Wildman–Crippen LogP) is 1.95. The van der Waals surface area contributed by atoms with Crippen molar-refractivity contribution < 1.29 is 13.6 Å². The first-order chi connectivity index (χ1) is 6.00. The summed E-state index contributed by atoms with van der Waals surface area (Å²) in [6.07, 6.45) is 0.726. The molecule has 78 valence electrons. The van der Waals surface area contributed by atoms with Crippen LogP contribution in [0, 0.1) is 5.92 Å². The Kier molecular flexibility index (Phi) is 3.18. The van der Waals surface area contributed by atoms with Crippen LogP contribution < -0.4 is 5.73 Å². The maximum Gasteiger partial charge on any atom is 0.350 e. The minimum atomic E-state index is -3.07. The second-order valence-electron chi connectivity index (χ2n) is 3.43. The van der Waals surface area contributed by atoms with E-state index in [-0.39, 0.29) is 5.92 Å². The Morgan fingerprint density at radius 1 is 1.46 bits per heavy atom. The Bertz CT molecular complexity index is 223. The molecule has 1 rings (SSSR count). The minimum absolute atomic E-state index is 0.233. The molecule has 0 bridgehead atoms. The summed E-state index contributed by atoms with van der Waals surface area (Å²) >= 11 is 0. The van der Waals surface area contributed by atoms with E-state index >= 15 is 0 Å². The van der Waals surface area contributed by atoms with Gasteiger partial charge in [-0.15, -0.1) is 0 Å². The quantitative estimate of drug-likeness (QED) is 0.700. The highest BCUT2D eigenvalue weighted by Crippen LogP contribution is 2.70. The van der Waals surface area contributed by atoms with E-state index in [0.29, 0.717) is 13.2 Å². The SMILES string of the molecule is CCOP(=O)(OCC)[C@@]1(N)C[C@@H]1C. The third-order valence-corrected chi connectivity index (χ3v) is 5.27. The van der Waals surface area contributed by atoms with Gasteiger partial charge < -0.3 is 14.8 Å². The maximum atomic E-state index is 12.1. The van der Waals surface area contributed by atoms with Gasteiger partial charge in [-0.3, -0.25) is 4.57 Å². The maximum absolute atomic E-state index is 12.1. The smallest absolute Gasteiger partial charge is 0.315 e. The van der Waals surface area contributed by atoms with E-state index in [0.717, 1.165) is 6.42 Å². The van der Waals surface area contributed by atoms with E-state index < -0.39 is 12.9 Å². The van der Waals surface area contributed by atoms with Gasteiger partial charge in [0.25, 0.3) is 0 Å². The summed E-state index contributed by atoms with van der Waals surface area (Å²) in [5, 5.41) is -0.723. The molecule has 0 aromatic rings. The minimum Gasteiger partial charge on any atom is -0.315 e. The van der Waals surface area contributed by atoms with Crippen LogP contribution in [0.3, 0.4) is 0 Å². The second-order valence-corrected chi connectivity index (χ2v) is 5.77. The topological polar surface area (TPSA) is 61.5 Å². The zero-order valence-electron chi connectivity index (χ0n) is 8.45. The van der Waals surface area contributed by atoms with Crippen LogP contribution in [-0.2, 0) is 13.6 Å². The lowest BCUT2D eigenvalue weighted by molar-refractivity contribution is 0.208. The number of nitrogens with two attached hydrogens (primary N) is 1. The molecule has 0 amide bonds. The molecule has 2 atom stereocenters. The van der Waals surface area contributed by atoms with Gasteiger partial charge in [-0.25, -0.2) is 0 Å². The number of hydrogen-bond acceptors (Lipinski definition) is 4. The molecule has 0 heterocycles. The van der Waals surface area contributed by atoms with Crippen LogP contribution >= 0.6 is 7.60 Å². The fraction of sp³-hybridized carbons (Fsp3) is 1.00. The van der Waals surface area contributed by atoms with Gasteiger partial charge in [-0.2, -0.15) is 0 Å². The molecule has 0 aromatic heterocycles. The van der Waals surface area contributed by atoms with Crippen molar-refractivity contribution in [3.63, 3.8) is 0 Å². The lowest BCUT2D eigenvalue weighted by atomic mass is 10.5. The van der Waals surface area contributed by atoms with Crippen molar-refractivity contribution in [2.75, 3.05) is 13.2 Å². The summed E-state index contributed by atoms with van der Waals surface area (Å²) in [7, 11) is -3.07. The van der Waals surface area contributed by atoms with Gasteiger partial charge in [-0.1, -0.05) is 6.92 Å². The van der Waals surface area contributed by atoms with Gasteiger partial charge in [0.15, 0.2) is 0 Å². The lowest BCUT2D eigenvalue weighted by Crippen LogP contribution is -2.27. The molecule has 0 aromatic carbocycles. The zero-order chi connectivity index (χ0) is 10.1. The average Bonchev–Trinajstić information content (AvgIpc) is 2.62. The van der Waals surface area contributed by atoms with Gasteiger partial charge in [0, 0.05) is 0 Å². The van der Waals surface area contributed by atoms with Crippen LogP contribution in [0.1, 0.15) is 27.2 Å². The van der Waals surface area contributed by atoms with E-state index in [9.17, 15) is 4.57 Å². The summed E-state index contributed by atoms with van der Waals surface area (Å²) in [4.78, 5) is 0. The summed E-state index contributed by atoms with van der Waals surface area (Å²) < 4.78 is 22.5. The third kappa shape index (κ3) is 1.82. The molecule has 5 heteroatoms. The van der Waals surface area contributed by atoms with Crippen molar-refractivity contribution in [1.29, 1.82) is 0 Å². The highest BCUT2D eigenvalue weighted by Gasteiger charge is 2.63. The second kappa shape index (κ2) is 3.70. The summed E-state index contributed by atoms with van der Waals surface area (Å²) in [5.74, 6) is 0.233. The molecule has 13 heavy (non-hydrogen) atoms. The van der Waals surface area contributed by atoms with Crippen molar-refractivity contribution in [2.45, 2.75) is 32.5 Å². The Labute approximate surface area is 79.3 Å². The molecule has 1 saturated carbocycles. The molecule has 1 aliphatic rings. The van der Waals surface area contributed by atoms with Crippen LogP contribution in [0.25, 0.3) is 0 Å². The van der Waals surface area contributed by atoms with E-state index in [4.69, 9.17) is 14.8 Å². The molecule has 0 unspecified atom stereocenters. The molecule has 1 fully saturated rings. The van der Waals surface area contributed by atoms with Crippen LogP contribution in [0.4, 0.5) is 0 Å². The van der Waals surface area contributed by atoms with Crippen molar-refractivity contribution in [3.05, 3.63) is 0 Å². The standard InChI is InChI=1S/C8H18NO3P/c1-4-11-13(10,12-5-2)8(9)6-7(8)3/h7H,4-6,9H2,1-3H3/t7-,8-/m0/s1. The lowest BCUT2D eigenvalue weighted by Gasteiger charge is -2.23. The van der Waals surface area contributed by atoms with Crippen molar-refractivity contribution in [1.82, 2.24) is 0 Å². The largest absolute Gasteiger partial charge is 0.350 e. The van der Waals surface area contributed by atoms with Gasteiger partial charge >= 0.3 is 7.60 Å². The molecule has 1 aliphatic carbocycles. The summed E-state index contributed by atoms with van der Waals surface area (Å²) in [6.45, 7) is 6.31. The Morgan fingerprint density at radius 3 is 2.08 bits per heavy atom.